The molecule has 0 heterocycles. The first-order chi connectivity index (χ1) is 8.66. The van der Waals surface area contributed by atoms with Crippen LogP contribution in [0.15, 0.2) is 42.5 Å². The summed E-state index contributed by atoms with van der Waals surface area (Å²) in [4.78, 5) is 24.1. The Kier molecular flexibility index (Phi) is 2.53. The number of Topliss-reactive ketones (excluding diaryl/α,β-unsaturated/α-hetero) is 2. The lowest BCUT2D eigenvalue weighted by Gasteiger charge is -2.07. The molecule has 0 bridgehead atoms. The van der Waals surface area contributed by atoms with E-state index >= 15 is 0 Å². The molecule has 2 nitrogen and oxygen atoms in total. The molecular formula is C15H9ClO2. The van der Waals surface area contributed by atoms with Gasteiger partial charge in [-0.25, -0.2) is 0 Å². The zero-order chi connectivity index (χ0) is 12.7. The Labute approximate surface area is 109 Å². The lowest BCUT2D eigenvalue weighted by atomic mass is 9.96. The van der Waals surface area contributed by atoms with Gasteiger partial charge in [-0.3, -0.25) is 9.59 Å². The zero-order valence-electron chi connectivity index (χ0n) is 9.44. The van der Waals surface area contributed by atoms with E-state index in [1.165, 1.54) is 0 Å². The van der Waals surface area contributed by atoms with Gasteiger partial charge in [-0.1, -0.05) is 41.9 Å². The molecule has 0 radical (unpaired) electrons. The first-order valence-corrected chi connectivity index (χ1v) is 6.00. The van der Waals surface area contributed by atoms with Crippen LogP contribution < -0.4 is 0 Å². The van der Waals surface area contributed by atoms with Gasteiger partial charge in [0.15, 0.2) is 11.6 Å². The fraction of sp³-hybridized carbons (Fsp3) is 0.0667. The first-order valence-electron chi connectivity index (χ1n) is 5.62. The Balaban J connectivity index is 2.37. The minimum atomic E-state index is -0.173. The Morgan fingerprint density at radius 2 is 1.39 bits per heavy atom. The maximum Gasteiger partial charge on any atom is 0.171 e. The number of fused-ring (bicyclic) bond motifs is 3. The second-order valence-corrected chi connectivity index (χ2v) is 4.70. The summed E-state index contributed by atoms with van der Waals surface area (Å²) in [6.45, 7) is 0. The van der Waals surface area contributed by atoms with E-state index in [9.17, 15) is 9.59 Å². The smallest absolute Gasteiger partial charge is 0.171 e. The molecule has 0 aliphatic heterocycles. The van der Waals surface area contributed by atoms with E-state index in [1.807, 2.05) is 18.2 Å². The number of benzene rings is 2. The molecule has 0 atom stereocenters. The molecule has 0 aromatic heterocycles. The van der Waals surface area contributed by atoms with Crippen LogP contribution >= 0.6 is 11.6 Å². The molecule has 0 saturated carbocycles. The summed E-state index contributed by atoms with van der Waals surface area (Å²) in [5.74, 6) is -0.309. The van der Waals surface area contributed by atoms with Gasteiger partial charge in [0, 0.05) is 16.1 Å². The molecule has 2 aromatic rings. The standard InChI is InChI=1S/C15H9ClO2/c16-9-5-6-11-10-3-1-2-4-12(10)14(17)8-15(18)13(11)7-9/h1-7H,8H2. The van der Waals surface area contributed by atoms with Crippen molar-refractivity contribution in [3.8, 4) is 11.1 Å². The highest BCUT2D eigenvalue weighted by atomic mass is 35.5. The number of rotatable bonds is 0. The monoisotopic (exact) mass is 256 g/mol. The van der Waals surface area contributed by atoms with E-state index in [1.54, 1.807) is 24.3 Å². The lowest BCUT2D eigenvalue weighted by molar-refractivity contribution is 0.0897. The Hall–Kier alpha value is -1.93. The van der Waals surface area contributed by atoms with Gasteiger partial charge in [0.2, 0.25) is 0 Å². The van der Waals surface area contributed by atoms with Gasteiger partial charge in [0.05, 0.1) is 6.42 Å². The third kappa shape index (κ3) is 1.66. The van der Waals surface area contributed by atoms with Crippen LogP contribution in [0.2, 0.25) is 5.02 Å². The van der Waals surface area contributed by atoms with Crippen molar-refractivity contribution in [1.29, 1.82) is 0 Å². The highest BCUT2D eigenvalue weighted by Crippen LogP contribution is 2.33. The van der Waals surface area contributed by atoms with Crippen LogP contribution in [0.3, 0.4) is 0 Å². The topological polar surface area (TPSA) is 34.1 Å². The summed E-state index contributed by atoms with van der Waals surface area (Å²) in [6, 6.07) is 12.5. The van der Waals surface area contributed by atoms with E-state index in [0.29, 0.717) is 16.1 Å². The van der Waals surface area contributed by atoms with Gasteiger partial charge >= 0.3 is 0 Å². The number of hydrogen-bond donors (Lipinski definition) is 0. The van der Waals surface area contributed by atoms with Gasteiger partial charge in [0.1, 0.15) is 0 Å². The number of halogens is 1. The van der Waals surface area contributed by atoms with Gasteiger partial charge in [-0.05, 0) is 23.3 Å². The molecule has 0 fully saturated rings. The molecule has 88 valence electrons. The predicted molar refractivity (Wildman–Crippen MR) is 70.2 cm³/mol. The number of hydrogen-bond acceptors (Lipinski definition) is 2. The molecule has 1 aliphatic carbocycles. The van der Waals surface area contributed by atoms with Crippen LogP contribution in [-0.2, 0) is 0 Å². The van der Waals surface area contributed by atoms with Crippen molar-refractivity contribution in [3.05, 3.63) is 58.6 Å². The zero-order valence-corrected chi connectivity index (χ0v) is 10.2. The molecule has 0 unspecified atom stereocenters. The number of ketones is 2. The maximum atomic E-state index is 12.1. The largest absolute Gasteiger partial charge is 0.294 e. The van der Waals surface area contributed by atoms with Gasteiger partial charge in [-0.2, -0.15) is 0 Å². The molecule has 0 spiro atoms. The summed E-state index contributed by atoms with van der Waals surface area (Å²) >= 11 is 5.92. The molecule has 0 N–H and O–H groups in total. The average Bonchev–Trinajstić information content (AvgIpc) is 2.47. The Morgan fingerprint density at radius 3 is 2.17 bits per heavy atom. The summed E-state index contributed by atoms with van der Waals surface area (Å²) in [7, 11) is 0. The maximum absolute atomic E-state index is 12.1. The van der Waals surface area contributed by atoms with Crippen LogP contribution in [0.4, 0.5) is 0 Å². The average molecular weight is 257 g/mol. The van der Waals surface area contributed by atoms with Crippen molar-refractivity contribution in [3.63, 3.8) is 0 Å². The van der Waals surface area contributed by atoms with E-state index in [4.69, 9.17) is 11.6 Å². The molecule has 1 aliphatic rings. The molecule has 0 saturated heterocycles. The van der Waals surface area contributed by atoms with Crippen LogP contribution in [0, 0.1) is 0 Å². The van der Waals surface area contributed by atoms with Crippen molar-refractivity contribution < 1.29 is 9.59 Å². The highest BCUT2D eigenvalue weighted by molar-refractivity contribution is 6.31. The van der Waals surface area contributed by atoms with Gasteiger partial charge < -0.3 is 0 Å². The van der Waals surface area contributed by atoms with Crippen molar-refractivity contribution in [2.45, 2.75) is 6.42 Å². The van der Waals surface area contributed by atoms with Crippen molar-refractivity contribution in [1.82, 2.24) is 0 Å². The summed E-state index contributed by atoms with van der Waals surface area (Å²) < 4.78 is 0. The summed E-state index contributed by atoms with van der Waals surface area (Å²) in [6.07, 6.45) is -0.0929. The van der Waals surface area contributed by atoms with Gasteiger partial charge in [-0.15, -0.1) is 0 Å². The Morgan fingerprint density at radius 1 is 0.778 bits per heavy atom. The molecule has 18 heavy (non-hydrogen) atoms. The quantitative estimate of drug-likeness (QED) is 0.673. The highest BCUT2D eigenvalue weighted by Gasteiger charge is 2.25. The van der Waals surface area contributed by atoms with Crippen molar-refractivity contribution >= 4 is 23.2 Å². The van der Waals surface area contributed by atoms with Crippen LogP contribution in [-0.4, -0.2) is 11.6 Å². The lowest BCUT2D eigenvalue weighted by Crippen LogP contribution is -2.05. The second kappa shape index (κ2) is 4.07. The summed E-state index contributed by atoms with van der Waals surface area (Å²) in [5.41, 5.74) is 2.72. The molecule has 3 rings (SSSR count). The predicted octanol–water partition coefficient (Wildman–Crippen LogP) is 3.78. The van der Waals surface area contributed by atoms with Gasteiger partial charge in [0.25, 0.3) is 0 Å². The van der Waals surface area contributed by atoms with Crippen LogP contribution in [0.1, 0.15) is 27.1 Å². The fourth-order valence-corrected chi connectivity index (χ4v) is 2.45. The normalized spacial score (nSPS) is 13.8. The van der Waals surface area contributed by atoms with E-state index in [2.05, 4.69) is 0 Å². The SMILES string of the molecule is O=C1CC(=O)c2cc(Cl)ccc2-c2ccccc21. The number of carbonyl (C=O) groups excluding carboxylic acids is 2. The van der Waals surface area contributed by atoms with Crippen LogP contribution in [0.5, 0.6) is 0 Å². The van der Waals surface area contributed by atoms with E-state index < -0.39 is 0 Å². The summed E-state index contributed by atoms with van der Waals surface area (Å²) in [5, 5.41) is 0.508. The fourth-order valence-electron chi connectivity index (χ4n) is 2.28. The minimum Gasteiger partial charge on any atom is -0.294 e. The minimum absolute atomic E-state index is 0.0929. The first kappa shape index (κ1) is 11.2. The third-order valence-corrected chi connectivity index (χ3v) is 3.36. The van der Waals surface area contributed by atoms with E-state index in [-0.39, 0.29) is 18.0 Å². The molecule has 3 heteroatoms. The second-order valence-electron chi connectivity index (χ2n) is 4.26. The van der Waals surface area contributed by atoms with E-state index in [0.717, 1.165) is 11.1 Å². The Bertz CT molecular complexity index is 674. The molecule has 2 aromatic carbocycles. The van der Waals surface area contributed by atoms with Crippen molar-refractivity contribution in [2.24, 2.45) is 0 Å². The molecular weight excluding hydrogens is 248 g/mol. The third-order valence-electron chi connectivity index (χ3n) is 3.12. The molecule has 0 amide bonds. The van der Waals surface area contributed by atoms with Crippen LogP contribution in [0.25, 0.3) is 11.1 Å². The number of carbonyl (C=O) groups is 2. The van der Waals surface area contributed by atoms with Crippen molar-refractivity contribution in [2.75, 3.05) is 0 Å².